The molecule has 0 saturated carbocycles. The van der Waals surface area contributed by atoms with E-state index in [-0.39, 0.29) is 11.9 Å². The first-order valence-corrected chi connectivity index (χ1v) is 10.3. The number of rotatable bonds is 7. The standard InChI is InChI=1S/C17H23FN4OS2/c1-12(2)9-22-7-8-23-13(10-22)11-24-17-21-20-16(25-17)19-15-6-4-3-5-14(15)18/h3-6,12-13H,7-11H2,1-2H3,(H,19,20)/p+1/t13-/m1/s1. The molecule has 0 spiro atoms. The lowest BCUT2D eigenvalue weighted by Crippen LogP contribution is -3.15. The molecule has 1 aliphatic heterocycles. The van der Waals surface area contributed by atoms with E-state index in [4.69, 9.17) is 4.74 Å². The third-order valence-electron chi connectivity index (χ3n) is 3.94. The average Bonchev–Trinajstić information content (AvgIpc) is 3.02. The number of thioether (sulfide) groups is 1. The quantitative estimate of drug-likeness (QED) is 0.720. The summed E-state index contributed by atoms with van der Waals surface area (Å²) in [6, 6.07) is 6.56. The van der Waals surface area contributed by atoms with E-state index in [1.165, 1.54) is 23.9 Å². The summed E-state index contributed by atoms with van der Waals surface area (Å²) in [5, 5.41) is 11.9. The van der Waals surface area contributed by atoms with E-state index in [0.29, 0.717) is 16.7 Å². The molecule has 25 heavy (non-hydrogen) atoms. The Bertz CT molecular complexity index is 682. The van der Waals surface area contributed by atoms with Crippen molar-refractivity contribution in [1.29, 1.82) is 0 Å². The molecular weight excluding hydrogens is 359 g/mol. The Balaban J connectivity index is 1.49. The first-order valence-electron chi connectivity index (χ1n) is 8.53. The molecule has 1 aromatic heterocycles. The normalized spacial score (nSPS) is 20.8. The van der Waals surface area contributed by atoms with E-state index in [9.17, 15) is 4.39 Å². The van der Waals surface area contributed by atoms with Crippen LogP contribution >= 0.6 is 23.1 Å². The molecule has 0 radical (unpaired) electrons. The predicted molar refractivity (Wildman–Crippen MR) is 100 cm³/mol. The first kappa shape index (κ1) is 18.6. The van der Waals surface area contributed by atoms with Gasteiger partial charge in [0.25, 0.3) is 0 Å². The van der Waals surface area contributed by atoms with Gasteiger partial charge < -0.3 is 15.0 Å². The number of aromatic nitrogens is 2. The summed E-state index contributed by atoms with van der Waals surface area (Å²) in [4.78, 5) is 1.62. The molecule has 2 N–H and O–H groups in total. The van der Waals surface area contributed by atoms with Crippen molar-refractivity contribution in [2.45, 2.75) is 24.3 Å². The molecule has 2 heterocycles. The Hall–Kier alpha value is -1.22. The van der Waals surface area contributed by atoms with Gasteiger partial charge in [-0.15, -0.1) is 10.2 Å². The van der Waals surface area contributed by atoms with Gasteiger partial charge in [-0.25, -0.2) is 4.39 Å². The number of benzene rings is 1. The minimum absolute atomic E-state index is 0.249. The van der Waals surface area contributed by atoms with Gasteiger partial charge in [-0.3, -0.25) is 0 Å². The Morgan fingerprint density at radius 2 is 2.24 bits per heavy atom. The molecule has 1 aliphatic rings. The van der Waals surface area contributed by atoms with Crippen LogP contribution in [0.3, 0.4) is 0 Å². The number of nitrogens with zero attached hydrogens (tertiary/aromatic N) is 2. The van der Waals surface area contributed by atoms with Crippen LogP contribution in [0.5, 0.6) is 0 Å². The Morgan fingerprint density at radius 3 is 3.04 bits per heavy atom. The van der Waals surface area contributed by atoms with Crippen molar-refractivity contribution < 1.29 is 14.0 Å². The highest BCUT2D eigenvalue weighted by Crippen LogP contribution is 2.29. The summed E-state index contributed by atoms with van der Waals surface area (Å²) in [6.07, 6.45) is 0.249. The highest BCUT2D eigenvalue weighted by atomic mass is 32.2. The molecule has 1 unspecified atom stereocenters. The van der Waals surface area contributed by atoms with E-state index >= 15 is 0 Å². The van der Waals surface area contributed by atoms with Crippen molar-refractivity contribution in [2.24, 2.45) is 5.92 Å². The lowest BCUT2D eigenvalue weighted by Gasteiger charge is -2.30. The number of anilines is 2. The van der Waals surface area contributed by atoms with Crippen molar-refractivity contribution in [1.82, 2.24) is 10.2 Å². The summed E-state index contributed by atoms with van der Waals surface area (Å²) < 4.78 is 20.4. The number of halogens is 1. The summed E-state index contributed by atoms with van der Waals surface area (Å²) in [5.41, 5.74) is 0.416. The fraction of sp³-hybridized carbons (Fsp3) is 0.529. The molecule has 3 rings (SSSR count). The largest absolute Gasteiger partial charge is 0.366 e. The van der Waals surface area contributed by atoms with Gasteiger partial charge in [-0.05, 0) is 12.1 Å². The Morgan fingerprint density at radius 1 is 1.40 bits per heavy atom. The van der Waals surface area contributed by atoms with Crippen LogP contribution < -0.4 is 10.2 Å². The molecule has 1 aromatic carbocycles. The highest BCUT2D eigenvalue weighted by molar-refractivity contribution is 8.01. The molecule has 0 aliphatic carbocycles. The van der Waals surface area contributed by atoms with Crippen LogP contribution in [-0.4, -0.2) is 48.3 Å². The molecule has 5 nitrogen and oxygen atoms in total. The molecule has 0 bridgehead atoms. The molecule has 136 valence electrons. The molecule has 8 heteroatoms. The maximum Gasteiger partial charge on any atom is 0.210 e. The third kappa shape index (κ3) is 5.64. The Labute approximate surface area is 156 Å². The fourth-order valence-corrected chi connectivity index (χ4v) is 4.69. The van der Waals surface area contributed by atoms with Crippen LogP contribution in [0.25, 0.3) is 0 Å². The fourth-order valence-electron chi connectivity index (χ4n) is 2.88. The zero-order chi connectivity index (χ0) is 17.6. The van der Waals surface area contributed by atoms with Gasteiger partial charge in [0.1, 0.15) is 25.0 Å². The number of morpholine rings is 1. The van der Waals surface area contributed by atoms with Crippen molar-refractivity contribution in [2.75, 3.05) is 37.3 Å². The number of para-hydroxylation sites is 1. The number of quaternary nitrogens is 1. The second kappa shape index (κ2) is 8.93. The van der Waals surface area contributed by atoms with Gasteiger partial charge >= 0.3 is 0 Å². The number of hydrogen-bond donors (Lipinski definition) is 2. The minimum Gasteiger partial charge on any atom is -0.366 e. The van der Waals surface area contributed by atoms with Crippen molar-refractivity contribution in [3.05, 3.63) is 30.1 Å². The monoisotopic (exact) mass is 383 g/mol. The van der Waals surface area contributed by atoms with Gasteiger partial charge in [0, 0.05) is 11.7 Å². The molecule has 2 aromatic rings. The van der Waals surface area contributed by atoms with E-state index in [1.54, 1.807) is 34.9 Å². The van der Waals surface area contributed by atoms with Gasteiger partial charge in [-0.2, -0.15) is 0 Å². The van der Waals surface area contributed by atoms with E-state index in [0.717, 1.165) is 29.8 Å². The van der Waals surface area contributed by atoms with Gasteiger partial charge in [-0.1, -0.05) is 49.1 Å². The first-order chi connectivity index (χ1) is 12.1. The molecule has 1 fully saturated rings. The summed E-state index contributed by atoms with van der Waals surface area (Å²) in [7, 11) is 0. The molecule has 2 atom stereocenters. The lowest BCUT2D eigenvalue weighted by atomic mass is 10.2. The highest BCUT2D eigenvalue weighted by Gasteiger charge is 2.24. The second-order valence-corrected chi connectivity index (χ2v) is 8.83. The van der Waals surface area contributed by atoms with Gasteiger partial charge in [0.2, 0.25) is 5.13 Å². The number of hydrogen-bond acceptors (Lipinski definition) is 6. The van der Waals surface area contributed by atoms with Crippen LogP contribution in [-0.2, 0) is 4.74 Å². The van der Waals surface area contributed by atoms with Gasteiger partial charge in [0.05, 0.1) is 18.8 Å². The van der Waals surface area contributed by atoms with Crippen molar-refractivity contribution >= 4 is 33.9 Å². The van der Waals surface area contributed by atoms with Crippen LogP contribution in [0.4, 0.5) is 15.2 Å². The maximum absolute atomic E-state index is 13.7. The Kier molecular flexibility index (Phi) is 6.63. The summed E-state index contributed by atoms with van der Waals surface area (Å²) in [6.45, 7) is 8.68. The van der Waals surface area contributed by atoms with Crippen LogP contribution in [0.2, 0.25) is 0 Å². The van der Waals surface area contributed by atoms with Gasteiger partial charge in [0.15, 0.2) is 4.34 Å². The van der Waals surface area contributed by atoms with Crippen molar-refractivity contribution in [3.63, 3.8) is 0 Å². The second-order valence-electron chi connectivity index (χ2n) is 6.58. The van der Waals surface area contributed by atoms with Crippen LogP contribution in [0, 0.1) is 11.7 Å². The van der Waals surface area contributed by atoms with Crippen molar-refractivity contribution in [3.8, 4) is 0 Å². The SMILES string of the molecule is CC(C)C[NH+]1CCO[C@@H](CSc2nnc(Nc3ccccc3F)s2)C1. The van der Waals surface area contributed by atoms with E-state index in [1.807, 2.05) is 0 Å². The zero-order valence-electron chi connectivity index (χ0n) is 14.5. The molecule has 1 saturated heterocycles. The van der Waals surface area contributed by atoms with E-state index < -0.39 is 0 Å². The zero-order valence-corrected chi connectivity index (χ0v) is 16.1. The summed E-state index contributed by atoms with van der Waals surface area (Å²) >= 11 is 3.09. The summed E-state index contributed by atoms with van der Waals surface area (Å²) in [5.74, 6) is 1.28. The smallest absolute Gasteiger partial charge is 0.210 e. The maximum atomic E-state index is 13.7. The molecular formula is C17H24FN4OS2+. The molecule has 0 amide bonds. The van der Waals surface area contributed by atoms with Crippen LogP contribution in [0.15, 0.2) is 28.6 Å². The minimum atomic E-state index is -0.296. The van der Waals surface area contributed by atoms with E-state index in [2.05, 4.69) is 29.4 Å². The topological polar surface area (TPSA) is 51.5 Å². The lowest BCUT2D eigenvalue weighted by molar-refractivity contribution is -0.914. The predicted octanol–water partition coefficient (Wildman–Crippen LogP) is 2.45. The number of ether oxygens (including phenoxy) is 1. The van der Waals surface area contributed by atoms with Crippen LogP contribution in [0.1, 0.15) is 13.8 Å². The average molecular weight is 384 g/mol. The number of nitrogens with one attached hydrogen (secondary N) is 2. The third-order valence-corrected chi connectivity index (χ3v) is 6.04.